The highest BCUT2D eigenvalue weighted by molar-refractivity contribution is 5.88. The lowest BCUT2D eigenvalue weighted by Crippen LogP contribution is -1.94. The molecular weight excluding hydrogens is 226 g/mol. The van der Waals surface area contributed by atoms with Gasteiger partial charge in [0.25, 0.3) is 0 Å². The van der Waals surface area contributed by atoms with Crippen LogP contribution in [0.2, 0.25) is 0 Å². The number of hydrogen-bond acceptors (Lipinski definition) is 3. The summed E-state index contributed by atoms with van der Waals surface area (Å²) in [6, 6.07) is 5.35. The van der Waals surface area contributed by atoms with E-state index in [2.05, 4.69) is 0 Å². The van der Waals surface area contributed by atoms with Gasteiger partial charge in [-0.05, 0) is 13.0 Å². The van der Waals surface area contributed by atoms with Crippen molar-refractivity contribution in [2.75, 3.05) is 7.11 Å². The van der Waals surface area contributed by atoms with Crippen LogP contribution in [0.4, 0.5) is 0 Å². The zero-order valence-electron chi connectivity index (χ0n) is 11.0. The third-order valence-electron chi connectivity index (χ3n) is 2.71. The molecule has 0 fully saturated rings. The van der Waals surface area contributed by atoms with E-state index in [1.54, 1.807) is 13.2 Å². The molecule has 0 unspecified atom stereocenters. The van der Waals surface area contributed by atoms with Crippen molar-refractivity contribution in [3.8, 4) is 5.75 Å². The molecule has 1 aromatic rings. The smallest absolute Gasteiger partial charge is 0.132 e. The molecule has 96 valence electrons. The third kappa shape index (κ3) is 2.80. The maximum Gasteiger partial charge on any atom is 0.132 e. The van der Waals surface area contributed by atoms with Crippen LogP contribution in [0.5, 0.6) is 5.75 Å². The molecule has 3 nitrogen and oxygen atoms in total. The van der Waals surface area contributed by atoms with E-state index in [1.807, 2.05) is 38.1 Å². The average molecular weight is 245 g/mol. The number of allylic oxidation sites excluding steroid dienone is 4. The van der Waals surface area contributed by atoms with Gasteiger partial charge in [-0.3, -0.25) is 0 Å². The summed E-state index contributed by atoms with van der Waals surface area (Å²) in [6.07, 6.45) is 5.70. The van der Waals surface area contributed by atoms with E-state index in [0.717, 1.165) is 24.0 Å². The quantitative estimate of drug-likeness (QED) is 0.472. The molecule has 0 atom stereocenters. The molecule has 0 amide bonds. The van der Waals surface area contributed by atoms with Crippen molar-refractivity contribution >= 4 is 11.8 Å². The second-order valence-electron chi connectivity index (χ2n) is 3.78. The molecule has 0 aliphatic heterocycles. The molecule has 0 aliphatic carbocycles. The van der Waals surface area contributed by atoms with E-state index in [9.17, 15) is 5.11 Å². The van der Waals surface area contributed by atoms with E-state index >= 15 is 0 Å². The Balaban J connectivity index is 3.49. The Morgan fingerprint density at radius 3 is 2.67 bits per heavy atom. The van der Waals surface area contributed by atoms with Crippen molar-refractivity contribution < 1.29 is 9.84 Å². The topological polar surface area (TPSA) is 53.3 Å². The summed E-state index contributed by atoms with van der Waals surface area (Å²) in [5, 5.41) is 17.4. The number of methoxy groups -OCH3 is 1. The van der Waals surface area contributed by atoms with Crippen LogP contribution >= 0.6 is 0 Å². The Morgan fingerprint density at radius 1 is 1.44 bits per heavy atom. The molecule has 0 aliphatic rings. The van der Waals surface area contributed by atoms with Gasteiger partial charge in [0.15, 0.2) is 0 Å². The van der Waals surface area contributed by atoms with Crippen molar-refractivity contribution in [3.05, 3.63) is 47.2 Å². The molecule has 0 heterocycles. The predicted molar refractivity (Wildman–Crippen MR) is 75.0 cm³/mol. The normalized spacial score (nSPS) is 12.4. The number of rotatable bonds is 5. The maximum atomic E-state index is 10.2. The Labute approximate surface area is 108 Å². The number of aromatic hydroxyl groups is 1. The number of hydrogen-bond donors (Lipinski definition) is 2. The molecule has 0 bridgehead atoms. The number of nitrogens with one attached hydrogen (secondary N) is 1. The second kappa shape index (κ2) is 6.64. The second-order valence-corrected chi connectivity index (χ2v) is 3.78. The molecule has 0 radical (unpaired) electrons. The molecule has 0 saturated carbocycles. The standard InChI is InChI=1S/C15H19NO2/c1-4-7-12(14(5-2)18-3)13-9-6-8-11(10-16)15(13)17/h4,6-10,16-17H,5H2,1-3H3/b7-4-,14-12-,16-10?. The van der Waals surface area contributed by atoms with Gasteiger partial charge in [0.2, 0.25) is 0 Å². The van der Waals surface area contributed by atoms with Crippen LogP contribution in [0.1, 0.15) is 31.4 Å². The lowest BCUT2D eigenvalue weighted by molar-refractivity contribution is 0.283. The summed E-state index contributed by atoms with van der Waals surface area (Å²) in [7, 11) is 1.62. The fraction of sp³-hybridized carbons (Fsp3) is 0.267. The van der Waals surface area contributed by atoms with Crippen LogP contribution in [-0.2, 0) is 4.74 Å². The van der Waals surface area contributed by atoms with Gasteiger partial charge in [-0.1, -0.05) is 31.2 Å². The van der Waals surface area contributed by atoms with Crippen LogP contribution in [0.15, 0.2) is 36.1 Å². The Morgan fingerprint density at radius 2 is 2.17 bits per heavy atom. The van der Waals surface area contributed by atoms with Crippen LogP contribution in [0.3, 0.4) is 0 Å². The van der Waals surface area contributed by atoms with E-state index in [0.29, 0.717) is 11.1 Å². The number of phenols is 1. The van der Waals surface area contributed by atoms with Crippen molar-refractivity contribution in [1.29, 1.82) is 5.41 Å². The lowest BCUT2D eigenvalue weighted by Gasteiger charge is -2.13. The molecule has 0 spiro atoms. The van der Waals surface area contributed by atoms with E-state index in [-0.39, 0.29) is 5.75 Å². The number of para-hydroxylation sites is 1. The number of ether oxygens (including phenoxy) is 1. The van der Waals surface area contributed by atoms with Gasteiger partial charge < -0.3 is 15.3 Å². The summed E-state index contributed by atoms with van der Waals surface area (Å²) >= 11 is 0. The van der Waals surface area contributed by atoms with Gasteiger partial charge in [0.05, 0.1) is 7.11 Å². The molecule has 3 heteroatoms. The van der Waals surface area contributed by atoms with Gasteiger partial charge >= 0.3 is 0 Å². The first-order chi connectivity index (χ1) is 8.69. The summed E-state index contributed by atoms with van der Waals surface area (Å²) in [4.78, 5) is 0. The summed E-state index contributed by atoms with van der Waals surface area (Å²) in [6.45, 7) is 3.92. The zero-order chi connectivity index (χ0) is 13.5. The molecule has 0 saturated heterocycles. The van der Waals surface area contributed by atoms with Crippen LogP contribution in [0.25, 0.3) is 5.57 Å². The van der Waals surface area contributed by atoms with Gasteiger partial charge in [0, 0.05) is 29.3 Å². The molecule has 2 N–H and O–H groups in total. The summed E-state index contributed by atoms with van der Waals surface area (Å²) in [5.74, 6) is 0.925. The molecule has 1 rings (SSSR count). The molecule has 1 aromatic carbocycles. The Hall–Kier alpha value is -2.03. The van der Waals surface area contributed by atoms with Crippen molar-refractivity contribution in [2.45, 2.75) is 20.3 Å². The molecular formula is C15H19NO2. The van der Waals surface area contributed by atoms with Crippen molar-refractivity contribution in [3.63, 3.8) is 0 Å². The van der Waals surface area contributed by atoms with Gasteiger partial charge in [-0.25, -0.2) is 0 Å². The zero-order valence-corrected chi connectivity index (χ0v) is 11.0. The fourth-order valence-electron chi connectivity index (χ4n) is 1.84. The Bertz CT molecular complexity index is 481. The van der Waals surface area contributed by atoms with Crippen LogP contribution in [0, 0.1) is 5.41 Å². The Kier molecular flexibility index (Phi) is 5.18. The van der Waals surface area contributed by atoms with Gasteiger partial charge in [-0.15, -0.1) is 0 Å². The largest absolute Gasteiger partial charge is 0.507 e. The van der Waals surface area contributed by atoms with Gasteiger partial charge in [-0.2, -0.15) is 0 Å². The number of benzene rings is 1. The average Bonchev–Trinajstić information content (AvgIpc) is 2.39. The van der Waals surface area contributed by atoms with E-state index < -0.39 is 0 Å². The first-order valence-electron chi connectivity index (χ1n) is 5.92. The monoisotopic (exact) mass is 245 g/mol. The minimum atomic E-state index is 0.114. The van der Waals surface area contributed by atoms with Gasteiger partial charge in [0.1, 0.15) is 11.5 Å². The van der Waals surface area contributed by atoms with Crippen LogP contribution in [-0.4, -0.2) is 18.4 Å². The van der Waals surface area contributed by atoms with E-state index in [4.69, 9.17) is 10.1 Å². The minimum Gasteiger partial charge on any atom is -0.507 e. The fourth-order valence-corrected chi connectivity index (χ4v) is 1.84. The lowest BCUT2D eigenvalue weighted by atomic mass is 9.99. The highest BCUT2D eigenvalue weighted by atomic mass is 16.5. The maximum absolute atomic E-state index is 10.2. The molecule has 18 heavy (non-hydrogen) atoms. The SMILES string of the molecule is C/C=C\C(=C(/CC)OC)c1cccc(C=N)c1O. The summed E-state index contributed by atoms with van der Waals surface area (Å²) in [5.41, 5.74) is 2.04. The van der Waals surface area contributed by atoms with Crippen molar-refractivity contribution in [2.24, 2.45) is 0 Å². The van der Waals surface area contributed by atoms with Crippen LogP contribution < -0.4 is 0 Å². The molecule has 0 aromatic heterocycles. The first-order valence-corrected chi connectivity index (χ1v) is 5.92. The highest BCUT2D eigenvalue weighted by Crippen LogP contribution is 2.31. The van der Waals surface area contributed by atoms with E-state index in [1.165, 1.54) is 0 Å². The predicted octanol–water partition coefficient (Wildman–Crippen LogP) is 3.73. The minimum absolute atomic E-state index is 0.114. The van der Waals surface area contributed by atoms with Crippen molar-refractivity contribution in [1.82, 2.24) is 0 Å². The number of phenolic OH excluding ortho intramolecular Hbond substituents is 1. The first kappa shape index (κ1) is 14.0. The highest BCUT2D eigenvalue weighted by Gasteiger charge is 2.12. The summed E-state index contributed by atoms with van der Waals surface area (Å²) < 4.78 is 5.36. The third-order valence-corrected chi connectivity index (χ3v) is 2.71.